The second-order valence-electron chi connectivity index (χ2n) is 6.19. The highest BCUT2D eigenvalue weighted by molar-refractivity contribution is 7.14. The van der Waals surface area contributed by atoms with Gasteiger partial charge in [-0.3, -0.25) is 10.1 Å². The Morgan fingerprint density at radius 2 is 1.92 bits per heavy atom. The van der Waals surface area contributed by atoms with Crippen molar-refractivity contribution >= 4 is 34.0 Å². The van der Waals surface area contributed by atoms with Gasteiger partial charge >= 0.3 is 0 Å². The van der Waals surface area contributed by atoms with E-state index in [1.807, 2.05) is 5.38 Å². The van der Waals surface area contributed by atoms with Crippen LogP contribution < -0.4 is 5.32 Å². The van der Waals surface area contributed by atoms with E-state index in [0.29, 0.717) is 15.7 Å². The standard InChI is InChI=1S/C20H17ClN2OS/c21-17-7-3-6-16(11-17)19(24)23-20-22-18(12-25-20)15-9-8-13-4-1-2-5-14(13)10-15/h3,6-12H,1-2,4-5H2,(H,22,23,24). The molecule has 2 aromatic carbocycles. The highest BCUT2D eigenvalue weighted by Crippen LogP contribution is 2.29. The zero-order valence-electron chi connectivity index (χ0n) is 13.6. The number of carbonyl (C=O) groups excluding carboxylic acids is 1. The van der Waals surface area contributed by atoms with Crippen LogP contribution in [0.2, 0.25) is 5.02 Å². The summed E-state index contributed by atoms with van der Waals surface area (Å²) >= 11 is 7.37. The highest BCUT2D eigenvalue weighted by atomic mass is 35.5. The number of benzene rings is 2. The molecule has 3 aromatic rings. The third-order valence-corrected chi connectivity index (χ3v) is 5.45. The van der Waals surface area contributed by atoms with Crippen LogP contribution in [0.1, 0.15) is 34.3 Å². The fourth-order valence-corrected chi connectivity index (χ4v) is 4.06. The topological polar surface area (TPSA) is 42.0 Å². The first kappa shape index (κ1) is 16.3. The van der Waals surface area contributed by atoms with Gasteiger partial charge in [0.1, 0.15) is 0 Å². The summed E-state index contributed by atoms with van der Waals surface area (Å²) in [6, 6.07) is 13.5. The third-order valence-electron chi connectivity index (χ3n) is 4.46. The molecule has 0 saturated carbocycles. The lowest BCUT2D eigenvalue weighted by atomic mass is 9.90. The van der Waals surface area contributed by atoms with E-state index in [1.165, 1.54) is 41.7 Å². The van der Waals surface area contributed by atoms with Crippen LogP contribution in [0.4, 0.5) is 5.13 Å². The van der Waals surface area contributed by atoms with Gasteiger partial charge in [0.25, 0.3) is 5.91 Å². The molecule has 0 bridgehead atoms. The molecule has 4 rings (SSSR count). The molecule has 1 amide bonds. The van der Waals surface area contributed by atoms with E-state index >= 15 is 0 Å². The van der Waals surface area contributed by atoms with Crippen molar-refractivity contribution in [1.82, 2.24) is 4.98 Å². The molecule has 0 unspecified atom stereocenters. The molecule has 0 spiro atoms. The number of nitrogens with zero attached hydrogens (tertiary/aromatic N) is 1. The summed E-state index contributed by atoms with van der Waals surface area (Å²) in [6.07, 6.45) is 4.86. The van der Waals surface area contributed by atoms with E-state index < -0.39 is 0 Å². The molecule has 1 aromatic heterocycles. The Morgan fingerprint density at radius 1 is 1.08 bits per heavy atom. The van der Waals surface area contributed by atoms with Gasteiger partial charge in [0.05, 0.1) is 5.69 Å². The lowest BCUT2D eigenvalue weighted by Crippen LogP contribution is -2.11. The van der Waals surface area contributed by atoms with E-state index in [9.17, 15) is 4.79 Å². The van der Waals surface area contributed by atoms with Crippen LogP contribution in [0.15, 0.2) is 47.8 Å². The molecular formula is C20H17ClN2OS. The van der Waals surface area contributed by atoms with Crippen LogP contribution in [0.3, 0.4) is 0 Å². The smallest absolute Gasteiger partial charge is 0.257 e. The fraction of sp³-hybridized carbons (Fsp3) is 0.200. The summed E-state index contributed by atoms with van der Waals surface area (Å²) in [5.41, 5.74) is 5.43. The predicted octanol–water partition coefficient (Wildman–Crippen LogP) is 5.59. The van der Waals surface area contributed by atoms with E-state index in [4.69, 9.17) is 11.6 Å². The Morgan fingerprint density at radius 3 is 2.76 bits per heavy atom. The zero-order valence-corrected chi connectivity index (χ0v) is 15.2. The second kappa shape index (κ2) is 6.98. The molecule has 1 aliphatic carbocycles. The van der Waals surface area contributed by atoms with Gasteiger partial charge in [0.2, 0.25) is 0 Å². The van der Waals surface area contributed by atoms with E-state index in [2.05, 4.69) is 28.5 Å². The van der Waals surface area contributed by atoms with Crippen molar-refractivity contribution in [1.29, 1.82) is 0 Å². The van der Waals surface area contributed by atoms with Crippen molar-refractivity contribution in [3.63, 3.8) is 0 Å². The number of anilines is 1. The molecule has 0 radical (unpaired) electrons. The number of amides is 1. The SMILES string of the molecule is O=C(Nc1nc(-c2ccc3c(c2)CCCC3)cs1)c1cccc(Cl)c1. The largest absolute Gasteiger partial charge is 0.298 e. The van der Waals surface area contributed by atoms with Gasteiger partial charge in [-0.1, -0.05) is 29.8 Å². The summed E-state index contributed by atoms with van der Waals surface area (Å²) in [5, 5.41) is 5.97. The molecule has 1 heterocycles. The minimum atomic E-state index is -0.200. The maximum absolute atomic E-state index is 12.3. The summed E-state index contributed by atoms with van der Waals surface area (Å²) in [7, 11) is 0. The van der Waals surface area contributed by atoms with Crippen molar-refractivity contribution in [3.05, 3.63) is 69.6 Å². The van der Waals surface area contributed by atoms with Crippen LogP contribution in [0, 0.1) is 0 Å². The maximum Gasteiger partial charge on any atom is 0.257 e. The van der Waals surface area contributed by atoms with Crippen molar-refractivity contribution in [3.8, 4) is 11.3 Å². The van der Waals surface area contributed by atoms with Crippen molar-refractivity contribution in [2.45, 2.75) is 25.7 Å². The quantitative estimate of drug-likeness (QED) is 0.654. The molecule has 1 N–H and O–H groups in total. The molecule has 3 nitrogen and oxygen atoms in total. The third kappa shape index (κ3) is 3.60. The van der Waals surface area contributed by atoms with Gasteiger partial charge in [-0.2, -0.15) is 0 Å². The van der Waals surface area contributed by atoms with Crippen molar-refractivity contribution in [2.75, 3.05) is 5.32 Å². The molecule has 0 aliphatic heterocycles. The lowest BCUT2D eigenvalue weighted by molar-refractivity contribution is 0.102. The number of aryl methyl sites for hydroxylation is 2. The Bertz CT molecular complexity index is 935. The number of rotatable bonds is 3. The molecule has 1 aliphatic rings. The van der Waals surface area contributed by atoms with Crippen LogP contribution in [-0.4, -0.2) is 10.9 Å². The normalized spacial score (nSPS) is 13.3. The molecule has 25 heavy (non-hydrogen) atoms. The number of fused-ring (bicyclic) bond motifs is 1. The van der Waals surface area contributed by atoms with Crippen LogP contribution in [0.5, 0.6) is 0 Å². The highest BCUT2D eigenvalue weighted by Gasteiger charge is 2.13. The molecule has 5 heteroatoms. The first-order valence-electron chi connectivity index (χ1n) is 8.34. The van der Waals surface area contributed by atoms with Gasteiger partial charge in [0, 0.05) is 21.5 Å². The van der Waals surface area contributed by atoms with E-state index in [-0.39, 0.29) is 5.91 Å². The Balaban J connectivity index is 1.53. The molecular weight excluding hydrogens is 352 g/mol. The van der Waals surface area contributed by atoms with E-state index in [1.54, 1.807) is 24.3 Å². The van der Waals surface area contributed by atoms with Gasteiger partial charge in [-0.05, 0) is 61.1 Å². The Hall–Kier alpha value is -2.17. The van der Waals surface area contributed by atoms with Gasteiger partial charge < -0.3 is 0 Å². The zero-order chi connectivity index (χ0) is 17.2. The number of carbonyl (C=O) groups is 1. The molecule has 0 atom stereocenters. The lowest BCUT2D eigenvalue weighted by Gasteiger charge is -2.16. The average molecular weight is 369 g/mol. The van der Waals surface area contributed by atoms with Crippen molar-refractivity contribution in [2.24, 2.45) is 0 Å². The number of hydrogen-bond donors (Lipinski definition) is 1. The van der Waals surface area contributed by atoms with Gasteiger partial charge in [0.15, 0.2) is 5.13 Å². The maximum atomic E-state index is 12.3. The summed E-state index contributed by atoms with van der Waals surface area (Å²) < 4.78 is 0. The predicted molar refractivity (Wildman–Crippen MR) is 104 cm³/mol. The Kier molecular flexibility index (Phi) is 4.55. The van der Waals surface area contributed by atoms with Crippen molar-refractivity contribution < 1.29 is 4.79 Å². The van der Waals surface area contributed by atoms with Crippen LogP contribution in [-0.2, 0) is 12.8 Å². The molecule has 126 valence electrons. The minimum Gasteiger partial charge on any atom is -0.298 e. The van der Waals surface area contributed by atoms with E-state index in [0.717, 1.165) is 17.7 Å². The first-order valence-corrected chi connectivity index (χ1v) is 9.59. The number of halogens is 1. The number of nitrogens with one attached hydrogen (secondary N) is 1. The summed E-state index contributed by atoms with van der Waals surface area (Å²) in [5.74, 6) is -0.200. The number of aromatic nitrogens is 1. The first-order chi connectivity index (χ1) is 12.2. The summed E-state index contributed by atoms with van der Waals surface area (Å²) in [6.45, 7) is 0. The van der Waals surface area contributed by atoms with Gasteiger partial charge in [-0.25, -0.2) is 4.98 Å². The Labute approximate surface area is 155 Å². The number of thiazole rings is 1. The number of hydrogen-bond acceptors (Lipinski definition) is 3. The van der Waals surface area contributed by atoms with Gasteiger partial charge in [-0.15, -0.1) is 11.3 Å². The summed E-state index contributed by atoms with van der Waals surface area (Å²) in [4.78, 5) is 16.9. The average Bonchev–Trinajstić information content (AvgIpc) is 3.10. The molecule has 0 fully saturated rings. The minimum absolute atomic E-state index is 0.200. The molecule has 0 saturated heterocycles. The fourth-order valence-electron chi connectivity index (χ4n) is 3.16. The van der Waals surface area contributed by atoms with Crippen LogP contribution >= 0.6 is 22.9 Å². The monoisotopic (exact) mass is 368 g/mol. The second-order valence-corrected chi connectivity index (χ2v) is 7.49. The van der Waals surface area contributed by atoms with Crippen LogP contribution in [0.25, 0.3) is 11.3 Å².